The van der Waals surface area contributed by atoms with Gasteiger partial charge in [-0.25, -0.2) is 0 Å². The van der Waals surface area contributed by atoms with Crippen LogP contribution < -0.4 is 0 Å². The second-order valence-corrected chi connectivity index (χ2v) is 5.94. The Labute approximate surface area is 116 Å². The highest BCUT2D eigenvalue weighted by Gasteiger charge is 2.25. The molecule has 0 aliphatic heterocycles. The molecule has 0 saturated carbocycles. The van der Waals surface area contributed by atoms with Crippen molar-refractivity contribution in [2.75, 3.05) is 19.8 Å². The first kappa shape index (κ1) is 18.4. The normalized spacial score (nSPS) is 16.8. The standard InChI is InChI=1S/C14H28O5/c1-10(7-15)17-8-11(2)18-9-12(3)19-13(16)14(4,5)6/h10-12,15H,7-9H2,1-6H3. The largest absolute Gasteiger partial charge is 0.460 e. The second kappa shape index (κ2) is 8.51. The van der Waals surface area contributed by atoms with Crippen LogP contribution in [0, 0.1) is 5.41 Å². The summed E-state index contributed by atoms with van der Waals surface area (Å²) in [6.07, 6.45) is -0.587. The third-order valence-electron chi connectivity index (χ3n) is 2.41. The van der Waals surface area contributed by atoms with Gasteiger partial charge in [0.05, 0.1) is 37.4 Å². The molecular weight excluding hydrogens is 248 g/mol. The van der Waals surface area contributed by atoms with Crippen molar-refractivity contribution in [3.05, 3.63) is 0 Å². The van der Waals surface area contributed by atoms with Crippen molar-refractivity contribution in [2.24, 2.45) is 5.41 Å². The average Bonchev–Trinajstić information content (AvgIpc) is 2.32. The minimum Gasteiger partial charge on any atom is -0.460 e. The van der Waals surface area contributed by atoms with Gasteiger partial charge >= 0.3 is 5.97 Å². The van der Waals surface area contributed by atoms with E-state index in [0.29, 0.717) is 13.2 Å². The van der Waals surface area contributed by atoms with Crippen LogP contribution in [0.2, 0.25) is 0 Å². The maximum Gasteiger partial charge on any atom is 0.311 e. The molecule has 1 N–H and O–H groups in total. The van der Waals surface area contributed by atoms with E-state index in [-0.39, 0.29) is 30.9 Å². The zero-order valence-electron chi connectivity index (χ0n) is 12.9. The lowest BCUT2D eigenvalue weighted by atomic mass is 9.97. The Balaban J connectivity index is 3.84. The third-order valence-corrected chi connectivity index (χ3v) is 2.41. The van der Waals surface area contributed by atoms with Crippen molar-refractivity contribution < 1.29 is 24.1 Å². The van der Waals surface area contributed by atoms with E-state index in [0.717, 1.165) is 0 Å². The SMILES string of the molecule is CC(CO)OCC(C)OCC(C)OC(=O)C(C)(C)C. The number of carbonyl (C=O) groups excluding carboxylic acids is 1. The summed E-state index contributed by atoms with van der Waals surface area (Å²) < 4.78 is 16.1. The predicted molar refractivity (Wildman–Crippen MR) is 72.9 cm³/mol. The zero-order valence-corrected chi connectivity index (χ0v) is 12.9. The van der Waals surface area contributed by atoms with E-state index in [1.54, 1.807) is 13.8 Å². The number of aliphatic hydroxyl groups excluding tert-OH is 1. The van der Waals surface area contributed by atoms with E-state index in [1.165, 1.54) is 0 Å². The zero-order chi connectivity index (χ0) is 15.1. The van der Waals surface area contributed by atoms with Crippen LogP contribution in [0.5, 0.6) is 0 Å². The van der Waals surface area contributed by atoms with Crippen LogP contribution in [-0.2, 0) is 19.0 Å². The highest BCUT2D eigenvalue weighted by Crippen LogP contribution is 2.16. The number of hydrogen-bond acceptors (Lipinski definition) is 5. The van der Waals surface area contributed by atoms with Gasteiger partial charge in [-0.3, -0.25) is 4.79 Å². The molecule has 5 nitrogen and oxygen atoms in total. The van der Waals surface area contributed by atoms with Gasteiger partial charge < -0.3 is 19.3 Å². The van der Waals surface area contributed by atoms with Crippen LogP contribution in [0.25, 0.3) is 0 Å². The van der Waals surface area contributed by atoms with E-state index >= 15 is 0 Å². The monoisotopic (exact) mass is 276 g/mol. The molecule has 0 aromatic rings. The van der Waals surface area contributed by atoms with Crippen LogP contribution >= 0.6 is 0 Å². The quantitative estimate of drug-likeness (QED) is 0.684. The highest BCUT2D eigenvalue weighted by atomic mass is 16.6. The summed E-state index contributed by atoms with van der Waals surface area (Å²) in [7, 11) is 0. The number of rotatable bonds is 8. The van der Waals surface area contributed by atoms with Crippen molar-refractivity contribution in [1.29, 1.82) is 0 Å². The lowest BCUT2D eigenvalue weighted by Gasteiger charge is -2.22. The molecule has 0 bridgehead atoms. The lowest BCUT2D eigenvalue weighted by molar-refractivity contribution is -0.162. The molecule has 3 unspecified atom stereocenters. The van der Waals surface area contributed by atoms with Crippen molar-refractivity contribution >= 4 is 5.97 Å². The van der Waals surface area contributed by atoms with Crippen molar-refractivity contribution in [2.45, 2.75) is 59.9 Å². The molecule has 0 saturated heterocycles. The molecule has 0 aromatic heterocycles. The molecule has 19 heavy (non-hydrogen) atoms. The number of hydrogen-bond donors (Lipinski definition) is 1. The Hall–Kier alpha value is -0.650. The summed E-state index contributed by atoms with van der Waals surface area (Å²) in [6.45, 7) is 11.6. The average molecular weight is 276 g/mol. The van der Waals surface area contributed by atoms with Gasteiger partial charge in [-0.05, 0) is 41.5 Å². The predicted octanol–water partition coefficient (Wildman–Crippen LogP) is 1.77. The Morgan fingerprint density at radius 2 is 1.47 bits per heavy atom. The van der Waals surface area contributed by atoms with E-state index in [1.807, 2.05) is 27.7 Å². The van der Waals surface area contributed by atoms with Gasteiger partial charge in [0.1, 0.15) is 6.10 Å². The summed E-state index contributed by atoms with van der Waals surface area (Å²) in [4.78, 5) is 11.6. The topological polar surface area (TPSA) is 65.0 Å². The molecule has 0 rings (SSSR count). The van der Waals surface area contributed by atoms with Gasteiger partial charge in [-0.2, -0.15) is 0 Å². The van der Waals surface area contributed by atoms with E-state index in [4.69, 9.17) is 19.3 Å². The molecule has 0 heterocycles. The lowest BCUT2D eigenvalue weighted by Crippen LogP contribution is -2.31. The molecule has 3 atom stereocenters. The van der Waals surface area contributed by atoms with E-state index in [2.05, 4.69) is 0 Å². The fourth-order valence-corrected chi connectivity index (χ4v) is 1.09. The van der Waals surface area contributed by atoms with E-state index in [9.17, 15) is 4.79 Å². The molecule has 114 valence electrons. The fraction of sp³-hybridized carbons (Fsp3) is 0.929. The Bertz CT molecular complexity index is 259. The molecule has 0 aromatic carbocycles. The maximum atomic E-state index is 11.6. The molecular formula is C14H28O5. The van der Waals surface area contributed by atoms with Gasteiger partial charge in [0.15, 0.2) is 0 Å². The van der Waals surface area contributed by atoms with Gasteiger partial charge in [0, 0.05) is 0 Å². The van der Waals surface area contributed by atoms with Crippen LogP contribution in [0.3, 0.4) is 0 Å². The van der Waals surface area contributed by atoms with Crippen LogP contribution in [-0.4, -0.2) is 49.2 Å². The number of carbonyl (C=O) groups is 1. The van der Waals surface area contributed by atoms with Crippen molar-refractivity contribution in [3.8, 4) is 0 Å². The second-order valence-electron chi connectivity index (χ2n) is 5.94. The first-order valence-electron chi connectivity index (χ1n) is 6.72. The minimum absolute atomic E-state index is 0.00762. The van der Waals surface area contributed by atoms with Crippen molar-refractivity contribution in [1.82, 2.24) is 0 Å². The fourth-order valence-electron chi connectivity index (χ4n) is 1.09. The van der Waals surface area contributed by atoms with Crippen molar-refractivity contribution in [3.63, 3.8) is 0 Å². The number of aliphatic hydroxyl groups is 1. The first-order chi connectivity index (χ1) is 8.66. The molecule has 0 spiro atoms. The number of ether oxygens (including phenoxy) is 3. The summed E-state index contributed by atoms with van der Waals surface area (Å²) in [5.41, 5.74) is -0.500. The summed E-state index contributed by atoms with van der Waals surface area (Å²) >= 11 is 0. The molecule has 0 aliphatic rings. The van der Waals surface area contributed by atoms with Crippen LogP contribution in [0.4, 0.5) is 0 Å². The maximum absolute atomic E-state index is 11.6. The first-order valence-corrected chi connectivity index (χ1v) is 6.72. The Morgan fingerprint density at radius 3 is 1.95 bits per heavy atom. The molecule has 5 heteroatoms. The minimum atomic E-state index is -0.500. The van der Waals surface area contributed by atoms with Gasteiger partial charge in [-0.1, -0.05) is 0 Å². The molecule has 0 fully saturated rings. The molecule has 0 amide bonds. The number of esters is 1. The van der Waals surface area contributed by atoms with Crippen LogP contribution in [0.15, 0.2) is 0 Å². The van der Waals surface area contributed by atoms with Gasteiger partial charge in [-0.15, -0.1) is 0 Å². The molecule has 0 aliphatic carbocycles. The Kier molecular flexibility index (Phi) is 8.22. The summed E-state index contributed by atoms with van der Waals surface area (Å²) in [5, 5.41) is 8.82. The van der Waals surface area contributed by atoms with Gasteiger partial charge in [0.25, 0.3) is 0 Å². The summed E-state index contributed by atoms with van der Waals surface area (Å²) in [5.74, 6) is -0.235. The van der Waals surface area contributed by atoms with E-state index < -0.39 is 5.41 Å². The highest BCUT2D eigenvalue weighted by molar-refractivity contribution is 5.75. The van der Waals surface area contributed by atoms with Crippen LogP contribution in [0.1, 0.15) is 41.5 Å². The Morgan fingerprint density at radius 1 is 1.00 bits per heavy atom. The van der Waals surface area contributed by atoms with Gasteiger partial charge in [0.2, 0.25) is 0 Å². The third kappa shape index (κ3) is 8.97. The molecule has 0 radical (unpaired) electrons. The summed E-state index contributed by atoms with van der Waals surface area (Å²) in [6, 6.07) is 0. The smallest absolute Gasteiger partial charge is 0.311 e.